The van der Waals surface area contributed by atoms with Gasteiger partial charge in [0.25, 0.3) is 5.91 Å². The van der Waals surface area contributed by atoms with Crippen LogP contribution in [0.2, 0.25) is 0 Å². The zero-order valence-corrected chi connectivity index (χ0v) is 15.9. The van der Waals surface area contributed by atoms with Crippen LogP contribution >= 0.6 is 0 Å². The Balaban J connectivity index is 1.50. The molecule has 1 aromatic carbocycles. The summed E-state index contributed by atoms with van der Waals surface area (Å²) < 4.78 is 0. The van der Waals surface area contributed by atoms with Gasteiger partial charge in [-0.3, -0.25) is 9.89 Å². The number of rotatable bonds is 3. The number of aromatic hydroxyl groups is 1. The number of nitrogens with zero attached hydrogens (tertiary/aromatic N) is 2. The van der Waals surface area contributed by atoms with Gasteiger partial charge in [0, 0.05) is 17.3 Å². The van der Waals surface area contributed by atoms with Crippen molar-refractivity contribution in [3.8, 4) is 17.0 Å². The van der Waals surface area contributed by atoms with Gasteiger partial charge in [0.1, 0.15) is 5.75 Å². The number of aryl methyl sites for hydroxylation is 1. The Hall–Kier alpha value is -2.89. The molecule has 3 N–H and O–H groups in total. The second-order valence-electron chi connectivity index (χ2n) is 8.34. The summed E-state index contributed by atoms with van der Waals surface area (Å²) in [6.07, 6.45) is 6.12. The van der Waals surface area contributed by atoms with E-state index in [9.17, 15) is 9.90 Å². The van der Waals surface area contributed by atoms with Crippen molar-refractivity contribution in [2.45, 2.75) is 45.1 Å². The van der Waals surface area contributed by atoms with Crippen molar-refractivity contribution in [2.24, 2.45) is 11.8 Å². The second-order valence-corrected chi connectivity index (χ2v) is 8.34. The summed E-state index contributed by atoms with van der Waals surface area (Å²) in [4.78, 5) is 17.8. The highest BCUT2D eigenvalue weighted by Crippen LogP contribution is 2.42. The maximum atomic E-state index is 13.2. The van der Waals surface area contributed by atoms with E-state index in [1.807, 2.05) is 13.0 Å². The number of phenols is 1. The van der Waals surface area contributed by atoms with Crippen LogP contribution in [0.5, 0.6) is 5.75 Å². The topological polar surface area (TPSA) is 90.9 Å². The number of hydrogen-bond acceptors (Lipinski definition) is 4. The number of pyridine rings is 1. The molecule has 2 aromatic heterocycles. The summed E-state index contributed by atoms with van der Waals surface area (Å²) >= 11 is 0. The fourth-order valence-electron chi connectivity index (χ4n) is 5.02. The maximum absolute atomic E-state index is 13.2. The molecule has 144 valence electrons. The molecule has 0 spiro atoms. The van der Waals surface area contributed by atoms with Crippen molar-refractivity contribution in [2.75, 3.05) is 0 Å². The van der Waals surface area contributed by atoms with E-state index in [0.717, 1.165) is 41.3 Å². The minimum atomic E-state index is -0.0526. The summed E-state index contributed by atoms with van der Waals surface area (Å²) in [7, 11) is 0. The number of carbonyl (C=O) groups excluding carboxylic acids is 1. The Morgan fingerprint density at radius 1 is 1.14 bits per heavy atom. The molecule has 2 aliphatic carbocycles. The lowest BCUT2D eigenvalue weighted by Crippen LogP contribution is -2.39. The first-order valence-electron chi connectivity index (χ1n) is 10.0. The van der Waals surface area contributed by atoms with Gasteiger partial charge in [0.2, 0.25) is 0 Å². The van der Waals surface area contributed by atoms with E-state index in [1.165, 1.54) is 19.3 Å². The molecular formula is C22H24N4O2. The Labute approximate surface area is 163 Å². The third-order valence-corrected chi connectivity index (χ3v) is 6.33. The zero-order chi connectivity index (χ0) is 19.3. The number of carbonyl (C=O) groups is 1. The number of fused-ring (bicyclic) bond motifs is 3. The number of aromatic amines is 1. The lowest BCUT2D eigenvalue weighted by Gasteiger charge is -2.28. The van der Waals surface area contributed by atoms with Crippen molar-refractivity contribution in [3.63, 3.8) is 0 Å². The first-order chi connectivity index (χ1) is 13.6. The van der Waals surface area contributed by atoms with E-state index in [0.29, 0.717) is 16.9 Å². The normalized spacial score (nSPS) is 23.8. The molecule has 3 aromatic rings. The number of H-pyrrole nitrogens is 1. The Morgan fingerprint density at radius 3 is 2.57 bits per heavy atom. The number of phenolic OH excluding ortho intramolecular Hbond substituents is 1. The number of aromatic nitrogens is 3. The molecule has 2 unspecified atom stereocenters. The van der Waals surface area contributed by atoms with Crippen LogP contribution in [0.3, 0.4) is 0 Å². The van der Waals surface area contributed by atoms with E-state index in [2.05, 4.69) is 20.5 Å². The van der Waals surface area contributed by atoms with E-state index in [1.54, 1.807) is 24.3 Å². The third-order valence-electron chi connectivity index (χ3n) is 6.33. The average molecular weight is 376 g/mol. The van der Waals surface area contributed by atoms with Crippen molar-refractivity contribution in [1.82, 2.24) is 20.5 Å². The fraction of sp³-hybridized carbons (Fsp3) is 0.409. The van der Waals surface area contributed by atoms with Crippen LogP contribution in [0.4, 0.5) is 0 Å². The van der Waals surface area contributed by atoms with Gasteiger partial charge in [0.15, 0.2) is 5.65 Å². The highest BCUT2D eigenvalue weighted by molar-refractivity contribution is 6.07. The Kier molecular flexibility index (Phi) is 4.07. The summed E-state index contributed by atoms with van der Waals surface area (Å²) in [5.74, 6) is 1.68. The van der Waals surface area contributed by atoms with Crippen LogP contribution in [0.25, 0.3) is 22.3 Å². The van der Waals surface area contributed by atoms with E-state index in [-0.39, 0.29) is 17.7 Å². The van der Waals surface area contributed by atoms with Gasteiger partial charge in [-0.1, -0.05) is 12.8 Å². The summed E-state index contributed by atoms with van der Waals surface area (Å²) in [6, 6.07) is 8.92. The number of amides is 1. The first-order valence-corrected chi connectivity index (χ1v) is 10.0. The number of benzene rings is 1. The number of nitrogens with one attached hydrogen (secondary N) is 2. The highest BCUT2D eigenvalue weighted by Gasteiger charge is 2.35. The lowest BCUT2D eigenvalue weighted by molar-refractivity contribution is 0.0919. The van der Waals surface area contributed by atoms with Gasteiger partial charge in [-0.25, -0.2) is 4.98 Å². The van der Waals surface area contributed by atoms with E-state index < -0.39 is 0 Å². The molecule has 0 saturated heterocycles. The van der Waals surface area contributed by atoms with Gasteiger partial charge >= 0.3 is 0 Å². The van der Waals surface area contributed by atoms with Crippen LogP contribution in [0, 0.1) is 18.8 Å². The second kappa shape index (κ2) is 6.62. The van der Waals surface area contributed by atoms with Crippen LogP contribution < -0.4 is 5.32 Å². The smallest absolute Gasteiger partial charge is 0.252 e. The minimum Gasteiger partial charge on any atom is -0.508 e. The standard InChI is InChI=1S/C22H24N4O2/c1-12-20-18(22(28)23-16-9-13-2-3-14(8-13)10-16)11-19(24-21(20)26-25-12)15-4-6-17(27)7-5-15/h4-7,11,13-14,16,27H,2-3,8-10H2,1H3,(H,23,28)(H,24,25,26). The Morgan fingerprint density at radius 2 is 1.86 bits per heavy atom. The summed E-state index contributed by atoms with van der Waals surface area (Å²) in [6.45, 7) is 1.91. The molecule has 2 fully saturated rings. The van der Waals surface area contributed by atoms with Crippen LogP contribution in [0.15, 0.2) is 30.3 Å². The van der Waals surface area contributed by atoms with Crippen LogP contribution in [0.1, 0.15) is 48.2 Å². The fourth-order valence-corrected chi connectivity index (χ4v) is 5.02. The quantitative estimate of drug-likeness (QED) is 0.645. The Bertz CT molecular complexity index is 1030. The van der Waals surface area contributed by atoms with Crippen LogP contribution in [-0.2, 0) is 0 Å². The molecule has 2 heterocycles. The van der Waals surface area contributed by atoms with E-state index >= 15 is 0 Å². The summed E-state index contributed by atoms with van der Waals surface area (Å²) in [5, 5.41) is 20.8. The van der Waals surface area contributed by atoms with Crippen LogP contribution in [-0.4, -0.2) is 32.2 Å². The molecule has 0 radical (unpaired) electrons. The molecule has 6 heteroatoms. The molecule has 2 saturated carbocycles. The highest BCUT2D eigenvalue weighted by atomic mass is 16.3. The predicted octanol–water partition coefficient (Wildman–Crippen LogP) is 3.95. The van der Waals surface area contributed by atoms with Crippen molar-refractivity contribution in [3.05, 3.63) is 41.6 Å². The van der Waals surface area contributed by atoms with Gasteiger partial charge in [-0.2, -0.15) is 5.10 Å². The molecule has 2 atom stereocenters. The van der Waals surface area contributed by atoms with Gasteiger partial charge < -0.3 is 10.4 Å². The molecule has 6 nitrogen and oxygen atoms in total. The molecule has 28 heavy (non-hydrogen) atoms. The summed E-state index contributed by atoms with van der Waals surface area (Å²) in [5.41, 5.74) is 3.50. The number of hydrogen-bond donors (Lipinski definition) is 3. The largest absolute Gasteiger partial charge is 0.508 e. The van der Waals surface area contributed by atoms with Gasteiger partial charge in [-0.05, 0) is 68.4 Å². The maximum Gasteiger partial charge on any atom is 0.252 e. The molecule has 1 amide bonds. The molecular weight excluding hydrogens is 352 g/mol. The average Bonchev–Trinajstić information content (AvgIpc) is 3.23. The molecule has 2 bridgehead atoms. The zero-order valence-electron chi connectivity index (χ0n) is 15.9. The SMILES string of the molecule is Cc1[nH]nc2nc(-c3ccc(O)cc3)cc(C(=O)NC3CC4CCC(C4)C3)c12. The van der Waals surface area contributed by atoms with Gasteiger partial charge in [0.05, 0.1) is 16.6 Å². The van der Waals surface area contributed by atoms with Crippen molar-refractivity contribution in [1.29, 1.82) is 0 Å². The van der Waals surface area contributed by atoms with Gasteiger partial charge in [-0.15, -0.1) is 0 Å². The third kappa shape index (κ3) is 3.03. The van der Waals surface area contributed by atoms with Crippen molar-refractivity contribution >= 4 is 16.9 Å². The molecule has 2 aliphatic rings. The monoisotopic (exact) mass is 376 g/mol. The van der Waals surface area contributed by atoms with Crippen molar-refractivity contribution < 1.29 is 9.90 Å². The van der Waals surface area contributed by atoms with E-state index in [4.69, 9.17) is 0 Å². The molecule has 0 aliphatic heterocycles. The lowest BCUT2D eigenvalue weighted by atomic mass is 9.85. The first kappa shape index (κ1) is 17.2. The predicted molar refractivity (Wildman–Crippen MR) is 107 cm³/mol. The molecule has 5 rings (SSSR count). The minimum absolute atomic E-state index is 0.0526.